The fourth-order valence-corrected chi connectivity index (χ4v) is 5.59. The Balaban J connectivity index is 2.15. The number of piperazine rings is 1. The monoisotopic (exact) mass is 438 g/mol. The molecule has 1 atom stereocenters. The van der Waals surface area contributed by atoms with Crippen LogP contribution >= 0.6 is 31.9 Å². The molecule has 1 fully saturated rings. The molecule has 0 spiro atoms. The average molecular weight is 440 g/mol. The average Bonchev–Trinajstić information content (AvgIpc) is 2.46. The lowest BCUT2D eigenvalue weighted by Gasteiger charge is -2.37. The third-order valence-corrected chi connectivity index (χ3v) is 7.37. The van der Waals surface area contributed by atoms with Crippen LogP contribution in [0.3, 0.4) is 0 Å². The van der Waals surface area contributed by atoms with Gasteiger partial charge in [-0.2, -0.15) is 4.31 Å². The van der Waals surface area contributed by atoms with Gasteiger partial charge in [0.25, 0.3) is 0 Å². The van der Waals surface area contributed by atoms with E-state index in [2.05, 4.69) is 50.6 Å². The topological polar surface area (TPSA) is 40.6 Å². The largest absolute Gasteiger partial charge is 0.298 e. The molecule has 0 saturated carbocycles. The molecule has 4 nitrogen and oxygen atoms in total. The van der Waals surface area contributed by atoms with Gasteiger partial charge in [0.1, 0.15) is 0 Å². The molecule has 118 valence electrons. The molecule has 1 unspecified atom stereocenters. The van der Waals surface area contributed by atoms with E-state index in [4.69, 9.17) is 0 Å². The predicted octanol–water partition coefficient (Wildman–Crippen LogP) is 3.32. The minimum atomic E-state index is -3.43. The second-order valence-corrected chi connectivity index (χ2v) is 8.95. The molecule has 1 aliphatic rings. The lowest BCUT2D eigenvalue weighted by molar-refractivity contribution is 0.142. The van der Waals surface area contributed by atoms with Gasteiger partial charge in [-0.05, 0) is 47.5 Å². The van der Waals surface area contributed by atoms with Crippen molar-refractivity contribution in [2.45, 2.75) is 31.2 Å². The Labute approximate surface area is 143 Å². The van der Waals surface area contributed by atoms with E-state index in [-0.39, 0.29) is 0 Å². The van der Waals surface area contributed by atoms with Gasteiger partial charge in [-0.3, -0.25) is 4.90 Å². The molecular weight excluding hydrogens is 420 g/mol. The van der Waals surface area contributed by atoms with Gasteiger partial charge in [-0.1, -0.05) is 22.9 Å². The van der Waals surface area contributed by atoms with E-state index >= 15 is 0 Å². The van der Waals surface area contributed by atoms with Gasteiger partial charge in [-0.25, -0.2) is 8.42 Å². The van der Waals surface area contributed by atoms with Crippen LogP contribution in [-0.4, -0.2) is 49.8 Å². The molecule has 1 heterocycles. The minimum absolute atomic E-state index is 0.336. The van der Waals surface area contributed by atoms with Crippen molar-refractivity contribution in [3.63, 3.8) is 0 Å². The van der Waals surface area contributed by atoms with E-state index in [0.717, 1.165) is 24.0 Å². The van der Waals surface area contributed by atoms with E-state index in [1.165, 1.54) is 0 Å². The fraction of sp³-hybridized carbons (Fsp3) is 0.571. The smallest absolute Gasteiger partial charge is 0.244 e. The van der Waals surface area contributed by atoms with Crippen LogP contribution in [0.2, 0.25) is 0 Å². The van der Waals surface area contributed by atoms with E-state index in [0.29, 0.717) is 28.5 Å². The number of sulfonamides is 1. The second-order valence-electron chi connectivity index (χ2n) is 5.27. The van der Waals surface area contributed by atoms with Crippen molar-refractivity contribution in [2.75, 3.05) is 26.2 Å². The van der Waals surface area contributed by atoms with Gasteiger partial charge in [0.05, 0.1) is 4.90 Å². The van der Waals surface area contributed by atoms with Crippen molar-refractivity contribution in [1.29, 1.82) is 0 Å². The first-order valence-electron chi connectivity index (χ1n) is 7.05. The Morgan fingerprint density at radius 3 is 2.33 bits per heavy atom. The van der Waals surface area contributed by atoms with Crippen molar-refractivity contribution in [1.82, 2.24) is 9.21 Å². The lowest BCUT2D eigenvalue weighted by Crippen LogP contribution is -2.51. The first kappa shape index (κ1) is 17.4. The zero-order valence-corrected chi connectivity index (χ0v) is 16.2. The van der Waals surface area contributed by atoms with Crippen LogP contribution in [0.4, 0.5) is 0 Å². The Morgan fingerprint density at radius 1 is 1.19 bits per heavy atom. The predicted molar refractivity (Wildman–Crippen MR) is 91.9 cm³/mol. The number of halogens is 2. The van der Waals surface area contributed by atoms with Gasteiger partial charge in [0.15, 0.2) is 0 Å². The summed E-state index contributed by atoms with van der Waals surface area (Å²) >= 11 is 6.70. The Hall–Kier alpha value is 0.0500. The summed E-state index contributed by atoms with van der Waals surface area (Å²) in [7, 11) is -3.43. The summed E-state index contributed by atoms with van der Waals surface area (Å²) in [6.45, 7) is 7.04. The highest BCUT2D eigenvalue weighted by Crippen LogP contribution is 2.28. The first-order valence-corrected chi connectivity index (χ1v) is 10.1. The normalized spacial score (nSPS) is 19.6. The maximum absolute atomic E-state index is 12.7. The summed E-state index contributed by atoms with van der Waals surface area (Å²) in [5.74, 6) is 0. The molecule has 1 aromatic rings. The molecule has 1 saturated heterocycles. The van der Waals surface area contributed by atoms with E-state index in [1.807, 2.05) is 0 Å². The number of hydrogen-bond donors (Lipinski definition) is 0. The van der Waals surface area contributed by atoms with Gasteiger partial charge in [-0.15, -0.1) is 0 Å². The Bertz CT molecular complexity index is 599. The van der Waals surface area contributed by atoms with Crippen molar-refractivity contribution in [2.24, 2.45) is 0 Å². The van der Waals surface area contributed by atoms with E-state index in [9.17, 15) is 8.42 Å². The molecular formula is C14H20Br2N2O2S. The standard InChI is InChI=1S/C14H20Br2N2O2S/c1-3-11(2)17-6-8-18(9-7-17)21(19,20)14-5-4-12(15)10-13(14)16/h4-5,10-11H,3,6-9H2,1-2H3. The summed E-state index contributed by atoms with van der Waals surface area (Å²) in [6, 6.07) is 5.68. The summed E-state index contributed by atoms with van der Waals surface area (Å²) < 4.78 is 28.5. The van der Waals surface area contributed by atoms with Gasteiger partial charge in [0, 0.05) is 41.2 Å². The maximum Gasteiger partial charge on any atom is 0.244 e. The van der Waals surface area contributed by atoms with Crippen LogP contribution in [-0.2, 0) is 10.0 Å². The third-order valence-electron chi connectivity index (χ3n) is 4.00. The molecule has 0 N–H and O–H groups in total. The molecule has 0 amide bonds. The van der Waals surface area contributed by atoms with Crippen LogP contribution in [0.25, 0.3) is 0 Å². The minimum Gasteiger partial charge on any atom is -0.298 e. The van der Waals surface area contributed by atoms with Crippen LogP contribution in [0.5, 0.6) is 0 Å². The molecule has 0 aromatic heterocycles. The highest BCUT2D eigenvalue weighted by Gasteiger charge is 2.30. The number of rotatable bonds is 4. The Kier molecular flexibility index (Phi) is 5.87. The van der Waals surface area contributed by atoms with Crippen LogP contribution in [0, 0.1) is 0 Å². The van der Waals surface area contributed by atoms with Crippen LogP contribution in [0.1, 0.15) is 20.3 Å². The molecule has 2 rings (SSSR count). The van der Waals surface area contributed by atoms with Crippen LogP contribution in [0.15, 0.2) is 32.0 Å². The molecule has 0 bridgehead atoms. The fourth-order valence-electron chi connectivity index (χ4n) is 2.47. The van der Waals surface area contributed by atoms with Crippen molar-refractivity contribution >= 4 is 41.9 Å². The highest BCUT2D eigenvalue weighted by atomic mass is 79.9. The lowest BCUT2D eigenvalue weighted by atomic mass is 10.2. The number of benzene rings is 1. The third kappa shape index (κ3) is 3.88. The number of nitrogens with zero attached hydrogens (tertiary/aromatic N) is 2. The van der Waals surface area contributed by atoms with Crippen molar-refractivity contribution < 1.29 is 8.42 Å². The molecule has 0 aliphatic carbocycles. The van der Waals surface area contributed by atoms with E-state index < -0.39 is 10.0 Å². The number of hydrogen-bond acceptors (Lipinski definition) is 3. The summed E-state index contributed by atoms with van der Waals surface area (Å²) in [4.78, 5) is 2.69. The van der Waals surface area contributed by atoms with Gasteiger partial charge >= 0.3 is 0 Å². The van der Waals surface area contributed by atoms with Crippen LogP contribution < -0.4 is 0 Å². The maximum atomic E-state index is 12.7. The van der Waals surface area contributed by atoms with Gasteiger partial charge < -0.3 is 0 Å². The SMILES string of the molecule is CCC(C)N1CCN(S(=O)(=O)c2ccc(Br)cc2Br)CC1. The zero-order chi connectivity index (χ0) is 15.6. The van der Waals surface area contributed by atoms with Crippen molar-refractivity contribution in [3.8, 4) is 0 Å². The summed E-state index contributed by atoms with van der Waals surface area (Å²) in [5, 5.41) is 0. The molecule has 0 radical (unpaired) electrons. The molecule has 1 aliphatic heterocycles. The van der Waals surface area contributed by atoms with E-state index in [1.54, 1.807) is 22.5 Å². The quantitative estimate of drug-likeness (QED) is 0.722. The molecule has 1 aromatic carbocycles. The zero-order valence-electron chi connectivity index (χ0n) is 12.2. The highest BCUT2D eigenvalue weighted by molar-refractivity contribution is 9.11. The van der Waals surface area contributed by atoms with Crippen molar-refractivity contribution in [3.05, 3.63) is 27.1 Å². The summed E-state index contributed by atoms with van der Waals surface area (Å²) in [6.07, 6.45) is 1.09. The molecule has 21 heavy (non-hydrogen) atoms. The molecule has 7 heteroatoms. The van der Waals surface area contributed by atoms with Gasteiger partial charge in [0.2, 0.25) is 10.0 Å². The summed E-state index contributed by atoms with van der Waals surface area (Å²) in [5.41, 5.74) is 0. The first-order chi connectivity index (χ1) is 9.86. The second kappa shape index (κ2) is 7.08. The Morgan fingerprint density at radius 2 is 1.81 bits per heavy atom.